The topological polar surface area (TPSA) is 77.4 Å². The summed E-state index contributed by atoms with van der Waals surface area (Å²) in [4.78, 5) is 28.0. The van der Waals surface area contributed by atoms with E-state index in [1.165, 1.54) is 35.2 Å². The number of anilines is 1. The van der Waals surface area contributed by atoms with Gasteiger partial charge >= 0.3 is 5.97 Å². The highest BCUT2D eigenvalue weighted by atomic mass is 79.9. The number of aromatic nitrogens is 3. The van der Waals surface area contributed by atoms with Crippen molar-refractivity contribution in [1.29, 1.82) is 0 Å². The Morgan fingerprint density at radius 3 is 2.94 bits per heavy atom. The second kappa shape index (κ2) is 10.1. The molecule has 31 heavy (non-hydrogen) atoms. The van der Waals surface area contributed by atoms with Crippen LogP contribution >= 0.6 is 39.0 Å². The smallest absolute Gasteiger partial charge is 0.316 e. The molecule has 11 heteroatoms. The molecule has 1 fully saturated rings. The Bertz CT molecular complexity index is 1080. The molecule has 0 atom stereocenters. The van der Waals surface area contributed by atoms with Gasteiger partial charge in [0.25, 0.3) is 0 Å². The molecule has 0 bridgehead atoms. The molecule has 164 valence electrons. The molecule has 1 saturated heterocycles. The van der Waals surface area contributed by atoms with Gasteiger partial charge in [0.1, 0.15) is 23.5 Å². The third-order valence-electron chi connectivity index (χ3n) is 4.66. The Balaban J connectivity index is 1.36. The Kier molecular flexibility index (Phi) is 7.24. The zero-order valence-electron chi connectivity index (χ0n) is 16.7. The van der Waals surface area contributed by atoms with Crippen LogP contribution in [0.1, 0.15) is 19.8 Å². The van der Waals surface area contributed by atoms with Crippen molar-refractivity contribution >= 4 is 61.3 Å². The average Bonchev–Trinajstić information content (AvgIpc) is 3.18. The van der Waals surface area contributed by atoms with E-state index in [4.69, 9.17) is 14.5 Å². The lowest BCUT2D eigenvalue weighted by atomic mass is 10.1. The third-order valence-corrected chi connectivity index (χ3v) is 7.37. The first-order valence-electron chi connectivity index (χ1n) is 9.80. The molecule has 1 aliphatic rings. The maximum absolute atomic E-state index is 13.5. The van der Waals surface area contributed by atoms with Crippen LogP contribution in [0.3, 0.4) is 0 Å². The van der Waals surface area contributed by atoms with Crippen molar-refractivity contribution in [3.05, 3.63) is 34.7 Å². The monoisotopic (exact) mass is 526 g/mol. The number of nitrogens with zero attached hydrogens (tertiary/aromatic N) is 4. The van der Waals surface area contributed by atoms with Crippen LogP contribution in [0.4, 0.5) is 10.2 Å². The molecule has 3 heterocycles. The highest BCUT2D eigenvalue weighted by Crippen LogP contribution is 2.31. The van der Waals surface area contributed by atoms with E-state index in [1.807, 2.05) is 0 Å². The number of benzene rings is 1. The van der Waals surface area contributed by atoms with Gasteiger partial charge < -0.3 is 14.4 Å². The predicted octanol–water partition coefficient (Wildman–Crippen LogP) is 4.69. The fourth-order valence-corrected chi connectivity index (χ4v) is 5.27. The molecule has 0 N–H and O–H groups in total. The fourth-order valence-electron chi connectivity index (χ4n) is 3.18. The minimum atomic E-state index is -0.316. The quantitative estimate of drug-likeness (QED) is 0.324. The van der Waals surface area contributed by atoms with Crippen LogP contribution in [0.25, 0.3) is 10.5 Å². The summed E-state index contributed by atoms with van der Waals surface area (Å²) in [6.45, 7) is 3.68. The number of esters is 1. The molecule has 0 amide bonds. The molecule has 4 rings (SSSR count). The number of piperidine rings is 1. The normalized spacial score (nSPS) is 14.7. The van der Waals surface area contributed by atoms with Gasteiger partial charge in [-0.25, -0.2) is 19.3 Å². The summed E-state index contributed by atoms with van der Waals surface area (Å²) >= 11 is 6.16. The predicted molar refractivity (Wildman–Crippen MR) is 123 cm³/mol. The first-order valence-corrected chi connectivity index (χ1v) is 12.4. The van der Waals surface area contributed by atoms with Crippen molar-refractivity contribution in [1.82, 2.24) is 15.0 Å². The van der Waals surface area contributed by atoms with E-state index in [-0.39, 0.29) is 23.6 Å². The van der Waals surface area contributed by atoms with E-state index >= 15 is 0 Å². The molecule has 0 radical (unpaired) electrons. The van der Waals surface area contributed by atoms with E-state index in [0.29, 0.717) is 18.0 Å². The maximum Gasteiger partial charge on any atom is 0.316 e. The van der Waals surface area contributed by atoms with Crippen molar-refractivity contribution in [2.24, 2.45) is 0 Å². The second-order valence-corrected chi connectivity index (χ2v) is 9.86. The number of rotatable bonds is 7. The molecule has 1 aliphatic heterocycles. The third kappa shape index (κ3) is 5.64. The number of halogens is 2. The summed E-state index contributed by atoms with van der Waals surface area (Å²) in [7, 11) is 0. The first kappa shape index (κ1) is 22.2. The van der Waals surface area contributed by atoms with E-state index in [2.05, 4.69) is 30.8 Å². The lowest BCUT2D eigenvalue weighted by Crippen LogP contribution is -2.38. The SMILES string of the molecule is CCOC(=O)CSc1nc2ncc(N3CCC(Oc4cc(F)ccc4Br)CC3)nc2s1. The lowest BCUT2D eigenvalue weighted by Gasteiger charge is -2.32. The number of thiazole rings is 1. The molecular weight excluding hydrogens is 507 g/mol. The summed E-state index contributed by atoms with van der Waals surface area (Å²) in [5.74, 6) is 0.961. The summed E-state index contributed by atoms with van der Waals surface area (Å²) in [5.41, 5.74) is 0.578. The van der Waals surface area contributed by atoms with Gasteiger partial charge in [-0.3, -0.25) is 4.79 Å². The van der Waals surface area contributed by atoms with Gasteiger partial charge in [0.15, 0.2) is 14.8 Å². The highest BCUT2D eigenvalue weighted by Gasteiger charge is 2.23. The summed E-state index contributed by atoms with van der Waals surface area (Å²) < 4.78 is 25.9. The summed E-state index contributed by atoms with van der Waals surface area (Å²) in [6, 6.07) is 4.45. The minimum Gasteiger partial charge on any atom is -0.489 e. The van der Waals surface area contributed by atoms with Crippen molar-refractivity contribution in [3.63, 3.8) is 0 Å². The number of carbonyl (C=O) groups excluding carboxylic acids is 1. The molecule has 0 saturated carbocycles. The zero-order valence-corrected chi connectivity index (χ0v) is 19.9. The molecule has 0 unspecified atom stereocenters. The zero-order chi connectivity index (χ0) is 21.8. The summed E-state index contributed by atoms with van der Waals surface area (Å²) in [6.07, 6.45) is 3.34. The maximum atomic E-state index is 13.5. The fraction of sp³-hybridized carbons (Fsp3) is 0.400. The molecule has 2 aromatic heterocycles. The van der Waals surface area contributed by atoms with E-state index < -0.39 is 0 Å². The van der Waals surface area contributed by atoms with Gasteiger partial charge in [-0.1, -0.05) is 23.1 Å². The molecule has 7 nitrogen and oxygen atoms in total. The minimum absolute atomic E-state index is 0.0142. The summed E-state index contributed by atoms with van der Waals surface area (Å²) in [5, 5.41) is 0. The Labute approximate surface area is 195 Å². The molecular formula is C20H20BrFN4O3S2. The van der Waals surface area contributed by atoms with E-state index in [9.17, 15) is 9.18 Å². The molecule has 1 aromatic carbocycles. The van der Waals surface area contributed by atoms with Crippen molar-refractivity contribution < 1.29 is 18.7 Å². The second-order valence-electron chi connectivity index (χ2n) is 6.81. The van der Waals surface area contributed by atoms with Gasteiger partial charge in [0.2, 0.25) is 0 Å². The van der Waals surface area contributed by atoms with Gasteiger partial charge in [-0.05, 0) is 35.0 Å². The lowest BCUT2D eigenvalue weighted by molar-refractivity contribution is -0.139. The van der Waals surface area contributed by atoms with Crippen LogP contribution in [0, 0.1) is 5.82 Å². The number of thioether (sulfide) groups is 1. The van der Waals surface area contributed by atoms with Crippen LogP contribution in [-0.4, -0.2) is 52.5 Å². The van der Waals surface area contributed by atoms with E-state index in [0.717, 1.165) is 45.4 Å². The van der Waals surface area contributed by atoms with Gasteiger partial charge in [-0.2, -0.15) is 0 Å². The standard InChI is InChI=1S/C20H20BrFN4O3S2/c1-2-28-17(27)11-30-20-25-18-19(31-20)24-16(10-23-18)26-7-5-13(6-8-26)29-15-9-12(22)3-4-14(15)21/h3-4,9-10,13H,2,5-8,11H2,1H3. The highest BCUT2D eigenvalue weighted by molar-refractivity contribution is 9.10. The number of ether oxygens (including phenoxy) is 2. The number of fused-ring (bicyclic) bond motifs is 1. The van der Waals surface area contributed by atoms with Gasteiger partial charge in [0.05, 0.1) is 23.0 Å². The molecule has 0 aliphatic carbocycles. The Hall–Kier alpha value is -1.98. The Morgan fingerprint density at radius 2 is 2.16 bits per heavy atom. The number of hydrogen-bond donors (Lipinski definition) is 0. The number of carbonyl (C=O) groups is 1. The largest absolute Gasteiger partial charge is 0.489 e. The molecule has 3 aromatic rings. The van der Waals surface area contributed by atoms with Crippen LogP contribution in [-0.2, 0) is 9.53 Å². The van der Waals surface area contributed by atoms with Crippen LogP contribution < -0.4 is 9.64 Å². The van der Waals surface area contributed by atoms with Crippen molar-refractivity contribution in [2.45, 2.75) is 30.2 Å². The van der Waals surface area contributed by atoms with Crippen molar-refractivity contribution in [3.8, 4) is 5.75 Å². The van der Waals surface area contributed by atoms with Crippen molar-refractivity contribution in [2.75, 3.05) is 30.3 Å². The van der Waals surface area contributed by atoms with E-state index in [1.54, 1.807) is 19.2 Å². The number of hydrogen-bond acceptors (Lipinski definition) is 9. The first-order chi connectivity index (χ1) is 15.0. The van der Waals surface area contributed by atoms with Crippen LogP contribution in [0.2, 0.25) is 0 Å². The van der Waals surface area contributed by atoms with Crippen LogP contribution in [0.15, 0.2) is 33.2 Å². The average molecular weight is 527 g/mol. The van der Waals surface area contributed by atoms with Crippen LogP contribution in [0.5, 0.6) is 5.75 Å². The van der Waals surface area contributed by atoms with Gasteiger partial charge in [-0.15, -0.1) is 0 Å². The van der Waals surface area contributed by atoms with Gasteiger partial charge in [0, 0.05) is 32.0 Å². The Morgan fingerprint density at radius 1 is 1.35 bits per heavy atom. The molecule has 0 spiro atoms.